The smallest absolute Gasteiger partial charge is 0.354 e. The van der Waals surface area contributed by atoms with E-state index in [0.29, 0.717) is 0 Å². The van der Waals surface area contributed by atoms with Crippen LogP contribution in [0.4, 0.5) is 5.69 Å². The van der Waals surface area contributed by atoms with Gasteiger partial charge in [0.25, 0.3) is 0 Å². The molecular weight excluding hydrogens is 912 g/mol. The monoisotopic (exact) mass is 969 g/mol. The summed E-state index contributed by atoms with van der Waals surface area (Å²) in [5.74, 6) is 1.27. The van der Waals surface area contributed by atoms with Crippen molar-refractivity contribution in [2.45, 2.75) is 126 Å². The summed E-state index contributed by atoms with van der Waals surface area (Å²) < 4.78 is 2.38. The third-order valence-corrected chi connectivity index (χ3v) is 14.3. The number of aryl methyl sites for hydroxylation is 4. The summed E-state index contributed by atoms with van der Waals surface area (Å²) in [5, 5.41) is 2.38. The molecule has 2 atom stereocenters. The zero-order valence-corrected chi connectivity index (χ0v) is 40.2. The molecule has 1 aliphatic carbocycles. The van der Waals surface area contributed by atoms with Gasteiger partial charge in [-0.25, -0.2) is 0 Å². The van der Waals surface area contributed by atoms with Crippen molar-refractivity contribution < 1.29 is 21.1 Å². The van der Waals surface area contributed by atoms with Gasteiger partial charge in [0.05, 0.1) is 16.9 Å². The average molecular weight is 970 g/mol. The summed E-state index contributed by atoms with van der Waals surface area (Å²) in [4.78, 5) is 13.4. The Labute approximate surface area is 372 Å². The molecule has 0 radical (unpaired) electrons. The Balaban J connectivity index is 0.00000499. The van der Waals surface area contributed by atoms with E-state index in [1.165, 1.54) is 77.7 Å². The number of nitrogens with zero attached hydrogens (tertiary/aromatic N) is 4. The van der Waals surface area contributed by atoms with E-state index in [0.717, 1.165) is 45.8 Å². The normalized spacial score (nSPS) is 18.6. The largest absolute Gasteiger partial charge is 2.00 e. The Morgan fingerprint density at radius 2 is 1.43 bits per heavy atom. The van der Waals surface area contributed by atoms with E-state index < -0.39 is 11.1 Å². The molecule has 9 rings (SSSR count). The molecule has 0 saturated carbocycles. The number of pyridine rings is 1. The topological polar surface area (TPSA) is 33.4 Å². The van der Waals surface area contributed by atoms with E-state index in [-0.39, 0.29) is 32.4 Å². The molecule has 4 nitrogen and oxygen atoms in total. The van der Waals surface area contributed by atoms with Gasteiger partial charge in [0.1, 0.15) is 0 Å². The molecule has 7 aromatic rings. The predicted octanol–water partition coefficient (Wildman–Crippen LogP) is 13.5. The first-order valence-electron chi connectivity index (χ1n) is 21.4. The van der Waals surface area contributed by atoms with Gasteiger partial charge in [-0.1, -0.05) is 82.0 Å². The first kappa shape index (κ1) is 41.9. The maximum atomic E-state index is 5.94. The van der Waals surface area contributed by atoms with Crippen molar-refractivity contribution in [2.75, 3.05) is 4.90 Å². The molecule has 2 aromatic heterocycles. The van der Waals surface area contributed by atoms with Gasteiger partial charge in [-0.3, -0.25) is 0 Å². The summed E-state index contributed by atoms with van der Waals surface area (Å²) >= 11 is 0. The molecule has 3 heterocycles. The summed E-state index contributed by atoms with van der Waals surface area (Å²) in [6.45, 7) is 32.0. The van der Waals surface area contributed by atoms with Gasteiger partial charge in [-0.05, 0) is 165 Å². The van der Waals surface area contributed by atoms with E-state index in [4.69, 9.17) is 9.98 Å². The first-order valence-corrected chi connectivity index (χ1v) is 21.4. The van der Waals surface area contributed by atoms with Crippen molar-refractivity contribution in [1.82, 2.24) is 9.55 Å². The van der Waals surface area contributed by atoms with E-state index in [1.54, 1.807) is 0 Å². The summed E-state index contributed by atoms with van der Waals surface area (Å²) in [5.41, 5.74) is 21.0. The van der Waals surface area contributed by atoms with Crippen LogP contribution >= 0.6 is 0 Å². The maximum Gasteiger partial charge on any atom is 2.00 e. The third kappa shape index (κ3) is 6.18. The molecule has 0 spiro atoms. The molecule has 308 valence electrons. The number of aliphatic imine (C=N–C) groups is 1. The average Bonchev–Trinajstić information content (AvgIpc) is 3.72. The molecule has 2 aliphatic rings. The zero-order chi connectivity index (χ0) is 42.1. The van der Waals surface area contributed by atoms with Gasteiger partial charge in [0.2, 0.25) is 0 Å². The first-order chi connectivity index (χ1) is 27.8. The van der Waals surface area contributed by atoms with Gasteiger partial charge in [0, 0.05) is 17.4 Å². The van der Waals surface area contributed by atoms with Crippen LogP contribution in [0.15, 0.2) is 84.0 Å². The number of fused-ring (bicyclic) bond motifs is 6. The van der Waals surface area contributed by atoms with Crippen LogP contribution in [-0.2, 0) is 38.4 Å². The minimum atomic E-state index is -0.421. The Morgan fingerprint density at radius 1 is 0.717 bits per heavy atom. The van der Waals surface area contributed by atoms with Gasteiger partial charge in [-0.2, -0.15) is 0 Å². The van der Waals surface area contributed by atoms with Gasteiger partial charge in [-0.15, -0.1) is 53.1 Å². The Bertz CT molecular complexity index is 2910. The second kappa shape index (κ2) is 14.4. The zero-order valence-electron chi connectivity index (χ0n) is 37.9. The molecule has 0 saturated heterocycles. The van der Waals surface area contributed by atoms with Gasteiger partial charge < -0.3 is 19.4 Å². The molecule has 60 heavy (non-hydrogen) atoms. The minimum Gasteiger partial charge on any atom is -0.354 e. The molecule has 5 aromatic carbocycles. The van der Waals surface area contributed by atoms with Gasteiger partial charge in [0.15, 0.2) is 0 Å². The van der Waals surface area contributed by atoms with Gasteiger partial charge >= 0.3 is 21.1 Å². The van der Waals surface area contributed by atoms with Crippen molar-refractivity contribution in [2.24, 2.45) is 4.99 Å². The Morgan fingerprint density at radius 3 is 2.12 bits per heavy atom. The second-order valence-corrected chi connectivity index (χ2v) is 19.5. The molecule has 0 amide bonds. The third-order valence-electron chi connectivity index (χ3n) is 14.3. The van der Waals surface area contributed by atoms with Crippen LogP contribution in [0.2, 0.25) is 0 Å². The molecule has 5 heteroatoms. The molecule has 0 bridgehead atoms. The summed E-state index contributed by atoms with van der Waals surface area (Å²) in [7, 11) is 0. The fourth-order valence-corrected chi connectivity index (χ4v) is 10.1. The predicted molar refractivity (Wildman–Crippen MR) is 249 cm³/mol. The number of anilines is 1. The fraction of sp³-hybridized carbons (Fsp3) is 0.345. The molecule has 0 unspecified atom stereocenters. The quantitative estimate of drug-likeness (QED) is 0.161. The summed E-state index contributed by atoms with van der Waals surface area (Å²) in [6.07, 6.45) is 2.82. The molecule has 0 N–H and O–H groups in total. The minimum absolute atomic E-state index is 0. The number of rotatable bonds is 5. The van der Waals surface area contributed by atoms with E-state index in [1.807, 2.05) is 6.20 Å². The second-order valence-electron chi connectivity index (χ2n) is 19.5. The number of amidine groups is 1. The fourth-order valence-electron chi connectivity index (χ4n) is 10.1. The van der Waals surface area contributed by atoms with E-state index in [2.05, 4.69) is 191 Å². The number of hydrogen-bond donors (Lipinski definition) is 0. The maximum absolute atomic E-state index is 5.94. The van der Waals surface area contributed by atoms with Crippen molar-refractivity contribution in [3.63, 3.8) is 0 Å². The van der Waals surface area contributed by atoms with Crippen LogP contribution in [-0.4, -0.2) is 20.9 Å². The SMILES string of the molecule is Cc1ccc2c(c1)c1ccc(-c3cc(C(C)(C)C)ccn3)[c-]c1n2-c1[c-]c(C2=N[C@]3(C)Cc4c(ccc(C)c4C)[C@]3(C)N2c2c(C)c(C)cc(C)c2C)cc(C(C)C)c1.[Pt+2]. The standard InChI is InChI=1S/C55H58N4.Pt/c1-31(2)40-25-41(52-57-54(13)30-46-36(7)33(4)16-19-47(46)55(54,14)59(52)51-37(8)34(5)24-35(6)38(51)9)27-43(26-40)58-49-20-15-32(3)23-45(49)44-18-17-39(28-50(44)58)48-29-42(21-22-56-48)53(10,11)12;/h15-26,29,31H,30H2,1-14H3;/q-2;+2/t54-,55+;/m1./s1. The number of hydrogen-bond acceptors (Lipinski definition) is 3. The van der Waals surface area contributed by atoms with Crippen molar-refractivity contribution in [3.05, 3.63) is 158 Å². The Kier molecular flexibility index (Phi) is 10.1. The number of aromatic nitrogens is 2. The van der Waals surface area contributed by atoms with Crippen molar-refractivity contribution >= 4 is 33.3 Å². The van der Waals surface area contributed by atoms with Crippen molar-refractivity contribution in [3.8, 4) is 16.9 Å². The van der Waals surface area contributed by atoms with Crippen LogP contribution in [0, 0.1) is 60.6 Å². The van der Waals surface area contributed by atoms with Crippen LogP contribution in [0.5, 0.6) is 0 Å². The van der Waals surface area contributed by atoms with E-state index >= 15 is 0 Å². The number of benzene rings is 5. The molecule has 0 fully saturated rings. The van der Waals surface area contributed by atoms with Crippen LogP contribution in [0.25, 0.3) is 38.8 Å². The van der Waals surface area contributed by atoms with Crippen LogP contribution in [0.1, 0.15) is 121 Å². The van der Waals surface area contributed by atoms with Crippen LogP contribution in [0.3, 0.4) is 0 Å². The molecular formula is C55H58N4Pt. The summed E-state index contributed by atoms with van der Waals surface area (Å²) in [6, 6.07) is 35.3. The van der Waals surface area contributed by atoms with E-state index in [9.17, 15) is 0 Å². The molecule has 1 aliphatic heterocycles. The van der Waals surface area contributed by atoms with Crippen LogP contribution < -0.4 is 4.90 Å². The Hall–Kier alpha value is -4.79. The van der Waals surface area contributed by atoms with Crippen molar-refractivity contribution in [1.29, 1.82) is 0 Å².